The van der Waals surface area contributed by atoms with E-state index in [4.69, 9.17) is 0 Å². The van der Waals surface area contributed by atoms with Crippen molar-refractivity contribution in [1.82, 2.24) is 0 Å². The van der Waals surface area contributed by atoms with E-state index in [0.29, 0.717) is 6.54 Å². The molecule has 1 amide bonds. The number of amides is 1. The molecule has 1 aromatic carbocycles. The molecule has 2 aliphatic heterocycles. The maximum atomic E-state index is 12.5. The van der Waals surface area contributed by atoms with Crippen LogP contribution in [0.2, 0.25) is 0 Å². The van der Waals surface area contributed by atoms with Gasteiger partial charge in [-0.15, -0.1) is 11.8 Å². The van der Waals surface area contributed by atoms with E-state index in [1.165, 1.54) is 16.7 Å². The Kier molecular flexibility index (Phi) is 2.88. The van der Waals surface area contributed by atoms with Crippen LogP contribution in [-0.4, -0.2) is 34.9 Å². The first-order valence-electron chi connectivity index (χ1n) is 5.53. The fourth-order valence-corrected chi connectivity index (χ4v) is 4.37. The molecule has 2 heterocycles. The zero-order chi connectivity index (χ0) is 12.8. The molecule has 0 aromatic heterocycles. The average Bonchev–Trinajstić information content (AvgIpc) is 2.94. The Morgan fingerprint density at radius 3 is 3.00 bits per heavy atom. The van der Waals surface area contributed by atoms with Crippen LogP contribution in [0.1, 0.15) is 5.56 Å². The third-order valence-corrected chi connectivity index (χ3v) is 5.63. The van der Waals surface area contributed by atoms with Crippen LogP contribution in [0.25, 0.3) is 0 Å². The van der Waals surface area contributed by atoms with E-state index < -0.39 is 4.75 Å². The standard InChI is InChI=1S/C12H12N2O2S2/c1-17-11-13-6-12(18-11)8-4-2-3-5-9(8)14(7-15)10(12)16/h2-5,15H,6-7H2,1H3. The summed E-state index contributed by atoms with van der Waals surface area (Å²) in [5.74, 6) is -0.0657. The molecular formula is C12H12N2O2S2. The summed E-state index contributed by atoms with van der Waals surface area (Å²) in [5.41, 5.74) is 1.76. The van der Waals surface area contributed by atoms with Gasteiger partial charge in [-0.1, -0.05) is 30.0 Å². The zero-order valence-corrected chi connectivity index (χ0v) is 11.4. The first-order chi connectivity index (χ1) is 8.73. The number of aliphatic imine (C=N–C) groups is 1. The van der Waals surface area contributed by atoms with Crippen molar-refractivity contribution in [3.05, 3.63) is 29.8 Å². The summed E-state index contributed by atoms with van der Waals surface area (Å²) < 4.78 is 0.274. The normalized spacial score (nSPS) is 25.8. The van der Waals surface area contributed by atoms with E-state index in [2.05, 4.69) is 4.99 Å². The van der Waals surface area contributed by atoms with E-state index in [-0.39, 0.29) is 12.6 Å². The molecule has 0 bridgehead atoms. The predicted octanol–water partition coefficient (Wildman–Crippen LogP) is 1.64. The van der Waals surface area contributed by atoms with Gasteiger partial charge in [0.15, 0.2) is 0 Å². The average molecular weight is 280 g/mol. The number of anilines is 1. The number of carbonyl (C=O) groups excluding carboxylic acids is 1. The first-order valence-corrected chi connectivity index (χ1v) is 7.57. The van der Waals surface area contributed by atoms with Crippen LogP contribution in [0.15, 0.2) is 29.3 Å². The van der Waals surface area contributed by atoms with E-state index in [1.807, 2.05) is 30.5 Å². The zero-order valence-electron chi connectivity index (χ0n) is 9.79. The highest BCUT2D eigenvalue weighted by atomic mass is 32.2. The first kappa shape index (κ1) is 12.1. The number of thioether (sulfide) groups is 2. The number of carbonyl (C=O) groups is 1. The van der Waals surface area contributed by atoms with Crippen LogP contribution >= 0.6 is 23.5 Å². The second kappa shape index (κ2) is 4.29. The Morgan fingerprint density at radius 1 is 1.56 bits per heavy atom. The van der Waals surface area contributed by atoms with Crippen molar-refractivity contribution in [2.24, 2.45) is 4.99 Å². The van der Waals surface area contributed by atoms with Gasteiger partial charge >= 0.3 is 0 Å². The third-order valence-electron chi connectivity index (χ3n) is 3.23. The van der Waals surface area contributed by atoms with Crippen LogP contribution in [-0.2, 0) is 9.54 Å². The van der Waals surface area contributed by atoms with Gasteiger partial charge in [0.05, 0.1) is 12.2 Å². The highest BCUT2D eigenvalue weighted by molar-refractivity contribution is 8.39. The molecule has 1 atom stereocenters. The molecule has 1 aromatic rings. The van der Waals surface area contributed by atoms with Crippen molar-refractivity contribution in [3.8, 4) is 0 Å². The largest absolute Gasteiger partial charge is 0.376 e. The summed E-state index contributed by atoms with van der Waals surface area (Å²) in [7, 11) is 0. The number of fused-ring (bicyclic) bond motifs is 2. The molecular weight excluding hydrogens is 268 g/mol. The number of rotatable bonds is 1. The van der Waals surface area contributed by atoms with Crippen LogP contribution in [0.4, 0.5) is 5.69 Å². The van der Waals surface area contributed by atoms with Crippen LogP contribution in [0, 0.1) is 0 Å². The van der Waals surface area contributed by atoms with E-state index in [0.717, 1.165) is 15.6 Å². The molecule has 0 saturated heterocycles. The summed E-state index contributed by atoms with van der Waals surface area (Å²) in [5, 5.41) is 9.40. The van der Waals surface area contributed by atoms with E-state index in [1.54, 1.807) is 11.8 Å². The van der Waals surface area contributed by atoms with Crippen LogP contribution in [0.5, 0.6) is 0 Å². The molecule has 1 unspecified atom stereocenters. The van der Waals surface area contributed by atoms with Crippen molar-refractivity contribution in [2.75, 3.05) is 24.4 Å². The minimum Gasteiger partial charge on any atom is -0.376 e. The van der Waals surface area contributed by atoms with Crippen molar-refractivity contribution in [2.45, 2.75) is 4.75 Å². The Bertz CT molecular complexity index is 547. The molecule has 3 rings (SSSR count). The van der Waals surface area contributed by atoms with Crippen molar-refractivity contribution in [1.29, 1.82) is 0 Å². The fourth-order valence-electron chi connectivity index (χ4n) is 2.38. The van der Waals surface area contributed by atoms with Crippen molar-refractivity contribution >= 4 is 39.5 Å². The molecule has 18 heavy (non-hydrogen) atoms. The molecule has 0 aliphatic carbocycles. The molecule has 0 saturated carbocycles. The van der Waals surface area contributed by atoms with Crippen LogP contribution in [0.3, 0.4) is 0 Å². The topological polar surface area (TPSA) is 52.9 Å². The number of benzene rings is 1. The SMILES string of the molecule is CSC1=NCC2(S1)C(=O)N(CO)c1ccccc12. The summed E-state index contributed by atoms with van der Waals surface area (Å²) in [6, 6.07) is 7.63. The Balaban J connectivity index is 2.10. The summed E-state index contributed by atoms with van der Waals surface area (Å²) in [6.45, 7) is 0.174. The maximum absolute atomic E-state index is 12.5. The highest BCUT2D eigenvalue weighted by Gasteiger charge is 2.54. The molecule has 94 valence electrons. The van der Waals surface area contributed by atoms with Gasteiger partial charge in [0.2, 0.25) is 0 Å². The number of para-hydroxylation sites is 1. The second-order valence-electron chi connectivity index (χ2n) is 4.11. The van der Waals surface area contributed by atoms with Crippen molar-refractivity contribution < 1.29 is 9.90 Å². The Hall–Kier alpha value is -0.980. The van der Waals surface area contributed by atoms with Gasteiger partial charge in [-0.25, -0.2) is 0 Å². The smallest absolute Gasteiger partial charge is 0.252 e. The third kappa shape index (κ3) is 1.46. The molecule has 1 spiro atoms. The number of hydrogen-bond donors (Lipinski definition) is 1. The molecule has 0 fully saturated rings. The van der Waals surface area contributed by atoms with Gasteiger partial charge in [0.25, 0.3) is 5.91 Å². The number of aliphatic hydroxyl groups excluding tert-OH is 1. The lowest BCUT2D eigenvalue weighted by Crippen LogP contribution is -2.39. The maximum Gasteiger partial charge on any atom is 0.252 e. The van der Waals surface area contributed by atoms with Crippen molar-refractivity contribution in [3.63, 3.8) is 0 Å². The predicted molar refractivity (Wildman–Crippen MR) is 76.1 cm³/mol. The summed E-state index contributed by atoms with van der Waals surface area (Å²) >= 11 is 3.06. The quantitative estimate of drug-likeness (QED) is 0.850. The number of nitrogens with zero attached hydrogens (tertiary/aromatic N) is 2. The van der Waals surface area contributed by atoms with Gasteiger partial charge in [-0.2, -0.15) is 0 Å². The van der Waals surface area contributed by atoms with Gasteiger partial charge < -0.3 is 5.11 Å². The molecule has 1 N–H and O–H groups in total. The molecule has 0 radical (unpaired) electrons. The lowest BCUT2D eigenvalue weighted by molar-refractivity contribution is -0.120. The van der Waals surface area contributed by atoms with Gasteiger partial charge in [-0.3, -0.25) is 14.7 Å². The van der Waals surface area contributed by atoms with E-state index >= 15 is 0 Å². The van der Waals surface area contributed by atoms with Gasteiger partial charge in [0, 0.05) is 5.56 Å². The molecule has 6 heteroatoms. The number of aliphatic hydroxyl groups is 1. The fraction of sp³-hybridized carbons (Fsp3) is 0.333. The van der Waals surface area contributed by atoms with Gasteiger partial charge in [-0.05, 0) is 12.3 Å². The summed E-state index contributed by atoms with van der Waals surface area (Å²) in [6.07, 6.45) is 1.96. The Morgan fingerprint density at radius 2 is 2.33 bits per heavy atom. The number of hydrogen-bond acceptors (Lipinski definition) is 5. The molecule has 4 nitrogen and oxygen atoms in total. The summed E-state index contributed by atoms with van der Waals surface area (Å²) in [4.78, 5) is 18.4. The lowest BCUT2D eigenvalue weighted by Gasteiger charge is -2.20. The van der Waals surface area contributed by atoms with Gasteiger partial charge in [0.1, 0.15) is 15.9 Å². The second-order valence-corrected chi connectivity index (χ2v) is 6.45. The minimum absolute atomic E-state index is 0.0657. The van der Waals surface area contributed by atoms with E-state index in [9.17, 15) is 9.90 Å². The minimum atomic E-state index is -0.655. The molecule has 2 aliphatic rings. The highest BCUT2D eigenvalue weighted by Crippen LogP contribution is 2.53. The van der Waals surface area contributed by atoms with Crippen LogP contribution < -0.4 is 4.90 Å². The Labute approximate surface area is 113 Å². The monoisotopic (exact) mass is 280 g/mol. The lowest BCUT2D eigenvalue weighted by atomic mass is 10.00.